The number of hydrogen-bond donors (Lipinski definition) is 3. The second kappa shape index (κ2) is 5.02. The molecule has 4 heteroatoms. The first kappa shape index (κ1) is 13.0. The minimum Gasteiger partial charge on any atom is -0.508 e. The second-order valence-corrected chi connectivity index (χ2v) is 4.37. The predicted molar refractivity (Wildman–Crippen MR) is 70.6 cm³/mol. The van der Waals surface area contributed by atoms with Crippen LogP contribution in [0.2, 0.25) is 0 Å². The molecule has 0 aliphatic heterocycles. The molecular weight excluding hydrogens is 244 g/mol. The Morgan fingerprint density at radius 2 is 1.63 bits per heavy atom. The molecule has 2 rings (SSSR count). The number of carbonyl (C=O) groups is 1. The van der Waals surface area contributed by atoms with E-state index in [0.717, 1.165) is 5.56 Å². The highest BCUT2D eigenvalue weighted by Gasteiger charge is 2.15. The van der Waals surface area contributed by atoms with Gasteiger partial charge >= 0.3 is 0 Å². The lowest BCUT2D eigenvalue weighted by molar-refractivity contribution is 0.0990. The molecule has 0 heterocycles. The summed E-state index contributed by atoms with van der Waals surface area (Å²) in [7, 11) is 0. The summed E-state index contributed by atoms with van der Waals surface area (Å²) in [6, 6.07) is 9.10. The van der Waals surface area contributed by atoms with Gasteiger partial charge in [-0.1, -0.05) is 12.1 Å². The lowest BCUT2D eigenvalue weighted by Crippen LogP contribution is -2.04. The van der Waals surface area contributed by atoms with Crippen LogP contribution in [0.15, 0.2) is 36.4 Å². The van der Waals surface area contributed by atoms with Gasteiger partial charge in [-0.25, -0.2) is 0 Å². The molecule has 19 heavy (non-hydrogen) atoms. The lowest BCUT2D eigenvalue weighted by atomic mass is 10.00. The van der Waals surface area contributed by atoms with Crippen LogP contribution in [0, 0.1) is 6.92 Å². The Kier molecular flexibility index (Phi) is 3.42. The summed E-state index contributed by atoms with van der Waals surface area (Å²) >= 11 is 0. The highest BCUT2D eigenvalue weighted by Crippen LogP contribution is 2.30. The molecule has 4 nitrogen and oxygen atoms in total. The first-order valence-electron chi connectivity index (χ1n) is 5.81. The minimum absolute atomic E-state index is 0.0429. The molecule has 2 aromatic rings. The van der Waals surface area contributed by atoms with Gasteiger partial charge in [0.05, 0.1) is 5.56 Å². The van der Waals surface area contributed by atoms with Gasteiger partial charge in [-0.05, 0) is 36.8 Å². The van der Waals surface area contributed by atoms with E-state index in [2.05, 4.69) is 0 Å². The van der Waals surface area contributed by atoms with Crippen molar-refractivity contribution in [3.05, 3.63) is 53.1 Å². The number of ketones is 1. The summed E-state index contributed by atoms with van der Waals surface area (Å²) in [6.07, 6.45) is 0.123. The molecule has 2 aromatic carbocycles. The van der Waals surface area contributed by atoms with Crippen molar-refractivity contribution in [2.75, 3.05) is 0 Å². The molecule has 0 aromatic heterocycles. The van der Waals surface area contributed by atoms with Crippen LogP contribution in [0.3, 0.4) is 0 Å². The fourth-order valence-corrected chi connectivity index (χ4v) is 1.81. The fraction of sp³-hybridized carbons (Fsp3) is 0.133. The maximum absolute atomic E-state index is 12.1. The van der Waals surface area contributed by atoms with Gasteiger partial charge in [-0.3, -0.25) is 4.79 Å². The van der Waals surface area contributed by atoms with E-state index in [1.165, 1.54) is 24.3 Å². The lowest BCUT2D eigenvalue weighted by Gasteiger charge is -2.08. The molecule has 0 atom stereocenters. The van der Waals surface area contributed by atoms with Crippen molar-refractivity contribution in [1.29, 1.82) is 0 Å². The van der Waals surface area contributed by atoms with E-state index < -0.39 is 0 Å². The molecule has 98 valence electrons. The molecule has 0 fully saturated rings. The van der Waals surface area contributed by atoms with Gasteiger partial charge in [0.25, 0.3) is 0 Å². The Morgan fingerprint density at radius 1 is 1.00 bits per heavy atom. The van der Waals surface area contributed by atoms with Gasteiger partial charge in [0.2, 0.25) is 0 Å². The highest BCUT2D eigenvalue weighted by molar-refractivity contribution is 6.00. The summed E-state index contributed by atoms with van der Waals surface area (Å²) in [5, 5.41) is 28.4. The normalized spacial score (nSPS) is 10.4. The number of phenolic OH excluding ortho intramolecular Hbond substituents is 3. The van der Waals surface area contributed by atoms with Gasteiger partial charge in [-0.15, -0.1) is 0 Å². The van der Waals surface area contributed by atoms with Crippen LogP contribution in [-0.4, -0.2) is 21.1 Å². The van der Waals surface area contributed by atoms with E-state index in [1.807, 2.05) is 0 Å². The third-order valence-corrected chi connectivity index (χ3v) is 3.00. The molecule has 0 unspecified atom stereocenters. The van der Waals surface area contributed by atoms with Crippen LogP contribution < -0.4 is 0 Å². The van der Waals surface area contributed by atoms with Crippen molar-refractivity contribution in [1.82, 2.24) is 0 Å². The van der Waals surface area contributed by atoms with Crippen molar-refractivity contribution in [2.45, 2.75) is 13.3 Å². The highest BCUT2D eigenvalue weighted by atomic mass is 16.3. The number of rotatable bonds is 3. The van der Waals surface area contributed by atoms with Crippen LogP contribution in [0.25, 0.3) is 0 Å². The average Bonchev–Trinajstić information content (AvgIpc) is 2.39. The maximum atomic E-state index is 12.1. The minimum atomic E-state index is -0.244. The third kappa shape index (κ3) is 2.68. The maximum Gasteiger partial charge on any atom is 0.170 e. The quantitative estimate of drug-likeness (QED) is 0.739. The standard InChI is InChI=1S/C15H14O4/c1-9-13(17)7-6-12(15(9)19)14(18)8-10-2-4-11(16)5-3-10/h2-7,16-17,19H,8H2,1H3. The van der Waals surface area contributed by atoms with Gasteiger partial charge in [-0.2, -0.15) is 0 Å². The number of carbonyl (C=O) groups excluding carboxylic acids is 1. The van der Waals surface area contributed by atoms with Crippen LogP contribution in [-0.2, 0) is 6.42 Å². The van der Waals surface area contributed by atoms with Crippen LogP contribution in [0.4, 0.5) is 0 Å². The molecule has 0 aliphatic rings. The zero-order chi connectivity index (χ0) is 14.0. The van der Waals surface area contributed by atoms with Crippen molar-refractivity contribution in [2.24, 2.45) is 0 Å². The van der Waals surface area contributed by atoms with Gasteiger partial charge in [0, 0.05) is 12.0 Å². The molecule has 0 saturated heterocycles. The van der Waals surface area contributed by atoms with Crippen molar-refractivity contribution in [3.8, 4) is 17.2 Å². The first-order chi connectivity index (χ1) is 8.99. The molecule has 3 N–H and O–H groups in total. The van der Waals surface area contributed by atoms with E-state index in [-0.39, 0.29) is 40.6 Å². The Hall–Kier alpha value is -2.49. The van der Waals surface area contributed by atoms with Crippen LogP contribution in [0.1, 0.15) is 21.5 Å². The van der Waals surface area contributed by atoms with Gasteiger partial charge < -0.3 is 15.3 Å². The Labute approximate surface area is 110 Å². The summed E-state index contributed by atoms with van der Waals surface area (Å²) < 4.78 is 0. The van der Waals surface area contributed by atoms with E-state index in [0.29, 0.717) is 0 Å². The monoisotopic (exact) mass is 258 g/mol. The molecule has 0 amide bonds. The van der Waals surface area contributed by atoms with E-state index in [9.17, 15) is 15.0 Å². The smallest absolute Gasteiger partial charge is 0.170 e. The zero-order valence-corrected chi connectivity index (χ0v) is 10.4. The molecular formula is C15H14O4. The van der Waals surface area contributed by atoms with Gasteiger partial charge in [0.1, 0.15) is 17.2 Å². The third-order valence-electron chi connectivity index (χ3n) is 3.00. The second-order valence-electron chi connectivity index (χ2n) is 4.37. The fourth-order valence-electron chi connectivity index (χ4n) is 1.81. The Bertz CT molecular complexity index is 615. The number of aromatic hydroxyl groups is 3. The van der Waals surface area contributed by atoms with Crippen LogP contribution in [0.5, 0.6) is 17.2 Å². The number of Topliss-reactive ketones (excluding diaryl/α,β-unsaturated/α-hetero) is 1. The number of benzene rings is 2. The van der Waals surface area contributed by atoms with Crippen LogP contribution >= 0.6 is 0 Å². The predicted octanol–water partition coefficient (Wildman–Crippen LogP) is 2.54. The van der Waals surface area contributed by atoms with Crippen molar-refractivity contribution in [3.63, 3.8) is 0 Å². The summed E-state index contributed by atoms with van der Waals surface area (Å²) in [4.78, 5) is 12.1. The Morgan fingerprint density at radius 3 is 2.26 bits per heavy atom. The molecule has 0 spiro atoms. The van der Waals surface area contributed by atoms with Gasteiger partial charge in [0.15, 0.2) is 5.78 Å². The molecule has 0 aliphatic carbocycles. The molecule has 0 radical (unpaired) electrons. The zero-order valence-electron chi connectivity index (χ0n) is 10.4. The topological polar surface area (TPSA) is 77.8 Å². The molecule has 0 saturated carbocycles. The summed E-state index contributed by atoms with van der Waals surface area (Å²) in [6.45, 7) is 1.54. The van der Waals surface area contributed by atoms with Crippen molar-refractivity contribution >= 4 is 5.78 Å². The first-order valence-corrected chi connectivity index (χ1v) is 5.81. The molecule has 0 bridgehead atoms. The average molecular weight is 258 g/mol. The SMILES string of the molecule is Cc1c(O)ccc(C(=O)Cc2ccc(O)cc2)c1O. The number of phenols is 3. The summed E-state index contributed by atoms with van der Waals surface area (Å²) in [5.41, 5.74) is 1.22. The van der Waals surface area contributed by atoms with E-state index in [1.54, 1.807) is 19.1 Å². The Balaban J connectivity index is 2.25. The van der Waals surface area contributed by atoms with E-state index >= 15 is 0 Å². The number of hydrogen-bond acceptors (Lipinski definition) is 4. The summed E-state index contributed by atoms with van der Waals surface area (Å²) in [5.74, 6) is -0.340. The van der Waals surface area contributed by atoms with Crippen molar-refractivity contribution < 1.29 is 20.1 Å². The van der Waals surface area contributed by atoms with E-state index in [4.69, 9.17) is 5.11 Å². The largest absolute Gasteiger partial charge is 0.508 e.